The highest BCUT2D eigenvalue weighted by molar-refractivity contribution is 6.09. The van der Waals surface area contributed by atoms with Gasteiger partial charge in [-0.25, -0.2) is 4.79 Å². The number of imide groups is 1. The summed E-state index contributed by atoms with van der Waals surface area (Å²) in [7, 11) is 0. The van der Waals surface area contributed by atoms with Crippen LogP contribution >= 0.6 is 0 Å². The van der Waals surface area contributed by atoms with Gasteiger partial charge in [0.15, 0.2) is 0 Å². The van der Waals surface area contributed by atoms with E-state index >= 15 is 0 Å². The minimum Gasteiger partial charge on any atom is -0.352 e. The van der Waals surface area contributed by atoms with Crippen molar-refractivity contribution in [2.24, 2.45) is 11.3 Å². The van der Waals surface area contributed by atoms with Crippen molar-refractivity contribution in [2.45, 2.75) is 78.3 Å². The fourth-order valence-corrected chi connectivity index (χ4v) is 4.56. The van der Waals surface area contributed by atoms with Crippen LogP contribution in [0.5, 0.6) is 0 Å². The summed E-state index contributed by atoms with van der Waals surface area (Å²) >= 11 is 0. The molecule has 6 nitrogen and oxygen atoms in total. The predicted octanol–water partition coefficient (Wildman–Crippen LogP) is 2.43. The first-order valence-electron chi connectivity index (χ1n) is 9.06. The van der Waals surface area contributed by atoms with Gasteiger partial charge in [-0.2, -0.15) is 0 Å². The Labute approximate surface area is 144 Å². The van der Waals surface area contributed by atoms with Crippen LogP contribution in [0.25, 0.3) is 0 Å². The van der Waals surface area contributed by atoms with Crippen LogP contribution in [0.15, 0.2) is 0 Å². The van der Waals surface area contributed by atoms with E-state index in [1.54, 1.807) is 0 Å². The number of rotatable bonds is 5. The summed E-state index contributed by atoms with van der Waals surface area (Å²) in [5.74, 6) is -0.157. The van der Waals surface area contributed by atoms with Crippen LogP contribution < -0.4 is 10.6 Å². The first-order chi connectivity index (χ1) is 11.1. The lowest BCUT2D eigenvalue weighted by Gasteiger charge is -2.43. The second kappa shape index (κ2) is 6.73. The van der Waals surface area contributed by atoms with Gasteiger partial charge in [0, 0.05) is 6.04 Å². The van der Waals surface area contributed by atoms with Crippen LogP contribution in [0.3, 0.4) is 0 Å². The molecule has 0 aromatic rings. The van der Waals surface area contributed by atoms with Gasteiger partial charge >= 0.3 is 6.03 Å². The zero-order valence-corrected chi connectivity index (χ0v) is 15.6. The first kappa shape index (κ1) is 18.7. The van der Waals surface area contributed by atoms with Gasteiger partial charge in [-0.3, -0.25) is 14.5 Å². The highest BCUT2D eigenvalue weighted by Crippen LogP contribution is 2.46. The smallest absolute Gasteiger partial charge is 0.325 e. The molecule has 2 aliphatic rings. The standard InChI is InChI=1S/C18H31N3O3/c1-6-13(7-2)19-14(22)10-21-15(23)18(20-16(21)24)9-12(3)8-17(4,5)11-18/h12-13H,6-11H2,1-5H3,(H,19,22)(H,20,24)/t12-,18+/m0/s1. The highest BCUT2D eigenvalue weighted by atomic mass is 16.2. The molecule has 2 rings (SSSR count). The molecule has 1 saturated carbocycles. The molecule has 1 saturated heterocycles. The van der Waals surface area contributed by atoms with Crippen LogP contribution in [-0.2, 0) is 9.59 Å². The minimum absolute atomic E-state index is 0.00556. The Balaban J connectivity index is 2.10. The Hall–Kier alpha value is -1.59. The lowest BCUT2D eigenvalue weighted by molar-refractivity contribution is -0.137. The van der Waals surface area contributed by atoms with Crippen molar-refractivity contribution in [1.82, 2.24) is 15.5 Å². The molecule has 0 bridgehead atoms. The molecule has 136 valence electrons. The predicted molar refractivity (Wildman–Crippen MR) is 92.3 cm³/mol. The Bertz CT molecular complexity index is 528. The van der Waals surface area contributed by atoms with Crippen molar-refractivity contribution in [3.63, 3.8) is 0 Å². The van der Waals surface area contributed by atoms with Crippen LogP contribution in [0, 0.1) is 11.3 Å². The first-order valence-corrected chi connectivity index (χ1v) is 9.06. The van der Waals surface area contributed by atoms with Gasteiger partial charge in [0.2, 0.25) is 5.91 Å². The summed E-state index contributed by atoms with van der Waals surface area (Å²) in [5, 5.41) is 5.79. The lowest BCUT2D eigenvalue weighted by atomic mass is 9.64. The van der Waals surface area contributed by atoms with Gasteiger partial charge < -0.3 is 10.6 Å². The van der Waals surface area contributed by atoms with E-state index in [1.807, 2.05) is 13.8 Å². The van der Waals surface area contributed by atoms with Crippen molar-refractivity contribution < 1.29 is 14.4 Å². The molecule has 0 radical (unpaired) electrons. The van der Waals surface area contributed by atoms with Crippen molar-refractivity contribution >= 4 is 17.8 Å². The van der Waals surface area contributed by atoms with E-state index in [-0.39, 0.29) is 29.8 Å². The van der Waals surface area contributed by atoms with E-state index in [0.717, 1.165) is 24.2 Å². The number of carbonyl (C=O) groups excluding carboxylic acids is 3. The third-order valence-corrected chi connectivity index (χ3v) is 5.28. The van der Waals surface area contributed by atoms with Crippen LogP contribution in [0.1, 0.15) is 66.7 Å². The van der Waals surface area contributed by atoms with Gasteiger partial charge in [0.1, 0.15) is 12.1 Å². The number of hydrogen-bond acceptors (Lipinski definition) is 3. The summed E-state index contributed by atoms with van der Waals surface area (Å²) in [4.78, 5) is 38.6. The van der Waals surface area contributed by atoms with Crippen LogP contribution in [0.4, 0.5) is 4.79 Å². The van der Waals surface area contributed by atoms with Crippen molar-refractivity contribution in [2.75, 3.05) is 6.54 Å². The monoisotopic (exact) mass is 337 g/mol. The number of urea groups is 1. The van der Waals surface area contributed by atoms with Gasteiger partial charge in [0.25, 0.3) is 5.91 Å². The molecule has 1 aliphatic carbocycles. The molecule has 6 heteroatoms. The molecule has 24 heavy (non-hydrogen) atoms. The van der Waals surface area contributed by atoms with E-state index in [4.69, 9.17) is 0 Å². The quantitative estimate of drug-likeness (QED) is 0.756. The molecule has 1 heterocycles. The van der Waals surface area contributed by atoms with E-state index in [1.165, 1.54) is 0 Å². The molecule has 1 aliphatic heterocycles. The topological polar surface area (TPSA) is 78.5 Å². The number of hydrogen-bond donors (Lipinski definition) is 2. The van der Waals surface area contributed by atoms with Crippen molar-refractivity contribution in [3.05, 3.63) is 0 Å². The number of nitrogens with one attached hydrogen (secondary N) is 2. The Morgan fingerprint density at radius 3 is 2.46 bits per heavy atom. The maximum atomic E-state index is 12.9. The summed E-state index contributed by atoms with van der Waals surface area (Å²) in [6.07, 6.45) is 3.97. The SMILES string of the molecule is CCC(CC)NC(=O)CN1C(=O)N[C@@]2(C[C@@H](C)CC(C)(C)C2)C1=O. The van der Waals surface area contributed by atoms with Gasteiger partial charge in [0.05, 0.1) is 0 Å². The van der Waals surface area contributed by atoms with Gasteiger partial charge in [-0.15, -0.1) is 0 Å². The molecule has 2 N–H and O–H groups in total. The average Bonchev–Trinajstić information content (AvgIpc) is 2.66. The Kier molecular flexibility index (Phi) is 5.25. The number of carbonyl (C=O) groups is 3. The summed E-state index contributed by atoms with van der Waals surface area (Å²) in [5.41, 5.74) is -0.845. The van der Waals surface area contributed by atoms with E-state index < -0.39 is 11.6 Å². The molecule has 4 amide bonds. The Morgan fingerprint density at radius 1 is 1.29 bits per heavy atom. The number of amides is 4. The molecular formula is C18H31N3O3. The fourth-order valence-electron chi connectivity index (χ4n) is 4.56. The number of nitrogens with zero attached hydrogens (tertiary/aromatic N) is 1. The van der Waals surface area contributed by atoms with E-state index in [9.17, 15) is 14.4 Å². The largest absolute Gasteiger partial charge is 0.352 e. The third kappa shape index (κ3) is 3.73. The maximum absolute atomic E-state index is 12.9. The van der Waals surface area contributed by atoms with Gasteiger partial charge in [-0.1, -0.05) is 34.6 Å². The third-order valence-electron chi connectivity index (χ3n) is 5.28. The zero-order chi connectivity index (χ0) is 18.1. The van der Waals surface area contributed by atoms with E-state index in [0.29, 0.717) is 18.8 Å². The second-order valence-corrected chi connectivity index (χ2v) is 8.34. The van der Waals surface area contributed by atoms with Crippen LogP contribution in [0.2, 0.25) is 0 Å². The second-order valence-electron chi connectivity index (χ2n) is 8.34. The van der Waals surface area contributed by atoms with Crippen molar-refractivity contribution in [3.8, 4) is 0 Å². The molecule has 2 atom stereocenters. The normalized spacial score (nSPS) is 29.2. The molecule has 2 fully saturated rings. The highest BCUT2D eigenvalue weighted by Gasteiger charge is 2.56. The molecular weight excluding hydrogens is 306 g/mol. The van der Waals surface area contributed by atoms with Crippen LogP contribution in [-0.4, -0.2) is 40.9 Å². The molecule has 1 spiro atoms. The zero-order valence-electron chi connectivity index (χ0n) is 15.6. The summed E-state index contributed by atoms with van der Waals surface area (Å²) < 4.78 is 0. The lowest BCUT2D eigenvalue weighted by Crippen LogP contribution is -2.54. The van der Waals surface area contributed by atoms with Gasteiger partial charge in [-0.05, 0) is 43.4 Å². The maximum Gasteiger partial charge on any atom is 0.325 e. The summed E-state index contributed by atoms with van der Waals surface area (Å²) in [6.45, 7) is 10.2. The Morgan fingerprint density at radius 2 is 1.92 bits per heavy atom. The molecule has 0 aromatic heterocycles. The molecule has 0 unspecified atom stereocenters. The molecule has 0 aromatic carbocycles. The van der Waals surface area contributed by atoms with Crippen molar-refractivity contribution in [1.29, 1.82) is 0 Å². The average molecular weight is 337 g/mol. The summed E-state index contributed by atoms with van der Waals surface area (Å²) in [6, 6.07) is -0.356. The fraction of sp³-hybridized carbons (Fsp3) is 0.833. The minimum atomic E-state index is -0.840. The van der Waals surface area contributed by atoms with E-state index in [2.05, 4.69) is 31.4 Å².